The van der Waals surface area contributed by atoms with Crippen molar-refractivity contribution in [2.75, 3.05) is 7.11 Å². The maximum atomic E-state index is 12.5. The molecule has 0 aromatic heterocycles. The van der Waals surface area contributed by atoms with Gasteiger partial charge in [0, 0.05) is 5.41 Å². The third kappa shape index (κ3) is 1.81. The molecule has 3 aliphatic rings. The highest BCUT2D eigenvalue weighted by Gasteiger charge is 2.67. The number of carbonyl (C=O) groups is 1. The Morgan fingerprint density at radius 2 is 2.00 bits per heavy atom. The molecule has 5 atom stereocenters. The molecule has 1 N–H and O–H groups in total. The van der Waals surface area contributed by atoms with Crippen LogP contribution in [0.15, 0.2) is 11.6 Å². The molecule has 3 rings (SSSR count). The molecule has 0 bridgehead atoms. The van der Waals surface area contributed by atoms with Gasteiger partial charge in [-0.1, -0.05) is 31.9 Å². The summed E-state index contributed by atoms with van der Waals surface area (Å²) >= 11 is 0. The van der Waals surface area contributed by atoms with Crippen LogP contribution in [0.5, 0.6) is 0 Å². The molecule has 0 amide bonds. The smallest absolute Gasteiger partial charge is 0.314 e. The van der Waals surface area contributed by atoms with E-state index < -0.39 is 11.0 Å². The number of fused-ring (bicyclic) bond motifs is 3. The number of allylic oxidation sites excluding steroid dienone is 1. The Kier molecular flexibility index (Phi) is 3.71. The van der Waals surface area contributed by atoms with E-state index in [9.17, 15) is 9.90 Å². The zero-order chi connectivity index (χ0) is 16.2. The minimum Gasteiger partial charge on any atom is -0.469 e. The van der Waals surface area contributed by atoms with Crippen molar-refractivity contribution in [3.63, 3.8) is 0 Å². The van der Waals surface area contributed by atoms with E-state index in [1.54, 1.807) is 0 Å². The summed E-state index contributed by atoms with van der Waals surface area (Å²) in [5, 5.41) is 11.8. The van der Waals surface area contributed by atoms with Crippen LogP contribution in [0.3, 0.4) is 0 Å². The summed E-state index contributed by atoms with van der Waals surface area (Å²) < 4.78 is 5.09. The standard InChI is InChI=1S/C19H30O3/c1-13-7-5-8-15-14(13)9-12-19(21)17(15,2)10-6-11-18(19,3)16(20)22-4/h8,13-14,21H,5-7,9-12H2,1-4H3/t13-,14+,17+,18+,19-/m1/s1. The van der Waals surface area contributed by atoms with Crippen molar-refractivity contribution in [3.8, 4) is 0 Å². The number of ether oxygens (including phenoxy) is 1. The first kappa shape index (κ1) is 16.0. The van der Waals surface area contributed by atoms with Gasteiger partial charge >= 0.3 is 5.97 Å². The van der Waals surface area contributed by atoms with E-state index in [1.807, 2.05) is 6.92 Å². The highest BCUT2D eigenvalue weighted by atomic mass is 16.5. The van der Waals surface area contributed by atoms with Gasteiger partial charge in [0.05, 0.1) is 18.1 Å². The van der Waals surface area contributed by atoms with Crippen LogP contribution >= 0.6 is 0 Å². The summed E-state index contributed by atoms with van der Waals surface area (Å²) in [6, 6.07) is 0. The maximum Gasteiger partial charge on any atom is 0.314 e. The van der Waals surface area contributed by atoms with Crippen LogP contribution < -0.4 is 0 Å². The number of aliphatic hydroxyl groups is 1. The van der Waals surface area contributed by atoms with E-state index in [4.69, 9.17) is 4.74 Å². The zero-order valence-corrected chi connectivity index (χ0v) is 14.4. The molecule has 0 radical (unpaired) electrons. The van der Waals surface area contributed by atoms with Crippen LogP contribution in [-0.4, -0.2) is 23.8 Å². The van der Waals surface area contributed by atoms with E-state index in [-0.39, 0.29) is 11.4 Å². The molecule has 0 aromatic carbocycles. The summed E-state index contributed by atoms with van der Waals surface area (Å²) in [6.45, 7) is 6.46. The van der Waals surface area contributed by atoms with Crippen LogP contribution in [0.1, 0.15) is 65.7 Å². The molecule has 3 aliphatic carbocycles. The number of hydrogen-bond acceptors (Lipinski definition) is 3. The summed E-state index contributed by atoms with van der Waals surface area (Å²) in [4.78, 5) is 12.5. The fraction of sp³-hybridized carbons (Fsp3) is 0.842. The van der Waals surface area contributed by atoms with E-state index in [2.05, 4.69) is 19.9 Å². The summed E-state index contributed by atoms with van der Waals surface area (Å²) in [5.74, 6) is 1.02. The monoisotopic (exact) mass is 306 g/mol. The van der Waals surface area contributed by atoms with Gasteiger partial charge in [-0.05, 0) is 57.3 Å². The van der Waals surface area contributed by atoms with Gasteiger partial charge in [-0.25, -0.2) is 0 Å². The second-order valence-electron chi connectivity index (χ2n) is 8.23. The normalized spacial score (nSPS) is 48.0. The van der Waals surface area contributed by atoms with Gasteiger partial charge in [0.15, 0.2) is 0 Å². The van der Waals surface area contributed by atoms with Gasteiger partial charge in [0.1, 0.15) is 0 Å². The average molecular weight is 306 g/mol. The maximum absolute atomic E-state index is 12.5. The third-order valence-corrected chi connectivity index (χ3v) is 7.34. The number of rotatable bonds is 1. The topological polar surface area (TPSA) is 46.5 Å². The molecule has 2 saturated carbocycles. The summed E-state index contributed by atoms with van der Waals surface area (Å²) in [6.07, 6.45) is 9.10. The summed E-state index contributed by atoms with van der Waals surface area (Å²) in [5.41, 5.74) is -0.632. The lowest BCUT2D eigenvalue weighted by molar-refractivity contribution is -0.215. The van der Waals surface area contributed by atoms with E-state index in [0.29, 0.717) is 18.3 Å². The fourth-order valence-corrected chi connectivity index (χ4v) is 5.85. The van der Waals surface area contributed by atoms with Gasteiger partial charge in [-0.3, -0.25) is 4.79 Å². The number of esters is 1. The Labute approximate surface area is 134 Å². The van der Waals surface area contributed by atoms with E-state index in [0.717, 1.165) is 32.1 Å². The second-order valence-corrected chi connectivity index (χ2v) is 8.23. The molecule has 2 fully saturated rings. The zero-order valence-electron chi connectivity index (χ0n) is 14.4. The van der Waals surface area contributed by atoms with Crippen molar-refractivity contribution >= 4 is 5.97 Å². The highest BCUT2D eigenvalue weighted by molar-refractivity contribution is 5.78. The van der Waals surface area contributed by atoms with E-state index >= 15 is 0 Å². The summed E-state index contributed by atoms with van der Waals surface area (Å²) in [7, 11) is 1.44. The van der Waals surface area contributed by atoms with Crippen LogP contribution in [0.25, 0.3) is 0 Å². The average Bonchev–Trinajstić information content (AvgIpc) is 2.49. The Morgan fingerprint density at radius 1 is 1.27 bits per heavy atom. The Balaban J connectivity index is 2.09. The fourth-order valence-electron chi connectivity index (χ4n) is 5.85. The Hall–Kier alpha value is -0.830. The van der Waals surface area contributed by atoms with Crippen molar-refractivity contribution in [2.45, 2.75) is 71.3 Å². The molecule has 0 aromatic rings. The number of methoxy groups -OCH3 is 1. The molecule has 3 heteroatoms. The van der Waals surface area contributed by atoms with Crippen molar-refractivity contribution < 1.29 is 14.6 Å². The molecule has 124 valence electrons. The second kappa shape index (κ2) is 5.09. The molecule has 0 spiro atoms. The molecule has 0 heterocycles. The third-order valence-electron chi connectivity index (χ3n) is 7.34. The lowest BCUT2D eigenvalue weighted by atomic mass is 9.43. The lowest BCUT2D eigenvalue weighted by Crippen LogP contribution is -2.66. The van der Waals surface area contributed by atoms with Gasteiger partial charge in [0.2, 0.25) is 0 Å². The molecular formula is C19H30O3. The number of carbonyl (C=O) groups excluding carboxylic acids is 1. The molecular weight excluding hydrogens is 276 g/mol. The van der Waals surface area contributed by atoms with Crippen molar-refractivity contribution in [1.29, 1.82) is 0 Å². The molecule has 0 unspecified atom stereocenters. The van der Waals surface area contributed by atoms with E-state index in [1.165, 1.54) is 19.1 Å². The van der Waals surface area contributed by atoms with Crippen LogP contribution in [0.4, 0.5) is 0 Å². The van der Waals surface area contributed by atoms with Crippen LogP contribution in [0.2, 0.25) is 0 Å². The lowest BCUT2D eigenvalue weighted by Gasteiger charge is -2.63. The first-order valence-corrected chi connectivity index (χ1v) is 8.81. The Morgan fingerprint density at radius 3 is 2.68 bits per heavy atom. The van der Waals surface area contributed by atoms with Crippen LogP contribution in [0, 0.1) is 22.7 Å². The number of hydrogen-bond donors (Lipinski definition) is 1. The predicted octanol–water partition coefficient (Wildman–Crippen LogP) is 3.85. The minimum absolute atomic E-state index is 0.246. The SMILES string of the molecule is COC(=O)[C@]1(C)CCC[C@@]2(C)C3=CCC[C@@H](C)[C@@H]3CC[C@]12O. The van der Waals surface area contributed by atoms with Gasteiger partial charge in [-0.15, -0.1) is 0 Å². The van der Waals surface area contributed by atoms with Crippen molar-refractivity contribution in [1.82, 2.24) is 0 Å². The Bertz CT molecular complexity index is 511. The molecule has 22 heavy (non-hydrogen) atoms. The van der Waals surface area contributed by atoms with Gasteiger partial charge < -0.3 is 9.84 Å². The molecule has 3 nitrogen and oxygen atoms in total. The van der Waals surface area contributed by atoms with Gasteiger partial charge in [0.25, 0.3) is 0 Å². The highest BCUT2D eigenvalue weighted by Crippen LogP contribution is 2.65. The predicted molar refractivity (Wildman–Crippen MR) is 86.2 cm³/mol. The largest absolute Gasteiger partial charge is 0.469 e. The molecule has 0 aliphatic heterocycles. The quantitative estimate of drug-likeness (QED) is 0.591. The first-order chi connectivity index (χ1) is 10.3. The minimum atomic E-state index is -0.981. The molecule has 0 saturated heterocycles. The van der Waals surface area contributed by atoms with Crippen LogP contribution in [-0.2, 0) is 9.53 Å². The first-order valence-electron chi connectivity index (χ1n) is 8.81. The van der Waals surface area contributed by atoms with Crippen molar-refractivity contribution in [3.05, 3.63) is 11.6 Å². The van der Waals surface area contributed by atoms with Crippen molar-refractivity contribution in [2.24, 2.45) is 22.7 Å². The van der Waals surface area contributed by atoms with Gasteiger partial charge in [-0.2, -0.15) is 0 Å².